The second kappa shape index (κ2) is 5.41. The van der Waals surface area contributed by atoms with E-state index in [0.717, 1.165) is 0 Å². The molecule has 0 radical (unpaired) electrons. The number of halogens is 1. The van der Waals surface area contributed by atoms with Gasteiger partial charge in [-0.3, -0.25) is 0 Å². The van der Waals surface area contributed by atoms with Gasteiger partial charge in [0, 0.05) is 12.0 Å². The number of methoxy groups -OCH3 is 1. The molecule has 1 aliphatic rings. The standard InChI is InChI=1S/C6H10BrN3O3/c1-11-6-5(9-10-8)2-4(13-6)3-12-7/h4-6H,2-3H2,1H3/t4-,5+,6+/m0/s1. The van der Waals surface area contributed by atoms with Crippen LogP contribution in [0.2, 0.25) is 0 Å². The highest BCUT2D eigenvalue weighted by atomic mass is 79.9. The first-order valence-electron chi connectivity index (χ1n) is 3.77. The van der Waals surface area contributed by atoms with Crippen molar-refractivity contribution in [2.24, 2.45) is 5.11 Å². The zero-order valence-corrected chi connectivity index (χ0v) is 8.68. The van der Waals surface area contributed by atoms with Gasteiger partial charge in [0.25, 0.3) is 0 Å². The average molecular weight is 252 g/mol. The Balaban J connectivity index is 2.50. The summed E-state index contributed by atoms with van der Waals surface area (Å²) in [7, 11) is 1.52. The molecular formula is C6H10BrN3O3. The molecular weight excluding hydrogens is 242 g/mol. The normalized spacial score (nSPS) is 32.9. The number of nitrogens with zero attached hydrogens (tertiary/aromatic N) is 3. The van der Waals surface area contributed by atoms with Gasteiger partial charge < -0.3 is 13.3 Å². The van der Waals surface area contributed by atoms with Gasteiger partial charge >= 0.3 is 0 Å². The summed E-state index contributed by atoms with van der Waals surface area (Å²) in [6.45, 7) is 0.414. The van der Waals surface area contributed by atoms with Crippen LogP contribution in [0.15, 0.2) is 5.11 Å². The van der Waals surface area contributed by atoms with Crippen LogP contribution in [0.5, 0.6) is 0 Å². The van der Waals surface area contributed by atoms with E-state index in [1.165, 1.54) is 7.11 Å². The third kappa shape index (κ3) is 2.82. The van der Waals surface area contributed by atoms with Gasteiger partial charge in [-0.1, -0.05) is 5.11 Å². The minimum atomic E-state index is -0.455. The van der Waals surface area contributed by atoms with Gasteiger partial charge in [0.1, 0.15) is 0 Å². The van der Waals surface area contributed by atoms with Crippen LogP contribution in [0.4, 0.5) is 0 Å². The number of azide groups is 1. The second-order valence-electron chi connectivity index (χ2n) is 2.65. The fourth-order valence-corrected chi connectivity index (χ4v) is 1.57. The van der Waals surface area contributed by atoms with Crippen LogP contribution in [-0.4, -0.2) is 32.2 Å². The van der Waals surface area contributed by atoms with Crippen LogP contribution in [0, 0.1) is 0 Å². The summed E-state index contributed by atoms with van der Waals surface area (Å²) < 4.78 is 15.1. The molecule has 0 spiro atoms. The quantitative estimate of drug-likeness (QED) is 0.434. The number of hydrogen-bond donors (Lipinski definition) is 0. The maximum absolute atomic E-state index is 8.26. The Hall–Kier alpha value is -0.330. The van der Waals surface area contributed by atoms with Crippen LogP contribution >= 0.6 is 16.3 Å². The molecule has 0 aromatic carbocycles. The lowest BCUT2D eigenvalue weighted by molar-refractivity contribution is -0.124. The van der Waals surface area contributed by atoms with Crippen molar-refractivity contribution in [3.63, 3.8) is 0 Å². The first-order chi connectivity index (χ1) is 6.31. The first kappa shape index (κ1) is 10.7. The molecule has 0 bridgehead atoms. The zero-order valence-electron chi connectivity index (χ0n) is 7.09. The van der Waals surface area contributed by atoms with Gasteiger partial charge in [0.15, 0.2) is 6.29 Å². The minimum absolute atomic E-state index is 0.0835. The molecule has 74 valence electrons. The Bertz CT molecular complexity index is 209. The summed E-state index contributed by atoms with van der Waals surface area (Å²) in [4.78, 5) is 2.72. The maximum Gasteiger partial charge on any atom is 0.166 e. The smallest absolute Gasteiger partial charge is 0.166 e. The second-order valence-corrected chi connectivity index (χ2v) is 3.10. The summed E-state index contributed by atoms with van der Waals surface area (Å²) >= 11 is 2.84. The van der Waals surface area contributed by atoms with E-state index in [1.54, 1.807) is 0 Å². The molecule has 1 aliphatic heterocycles. The van der Waals surface area contributed by atoms with Crippen LogP contribution in [0.3, 0.4) is 0 Å². The Morgan fingerprint density at radius 1 is 1.77 bits per heavy atom. The van der Waals surface area contributed by atoms with E-state index in [0.29, 0.717) is 13.0 Å². The Kier molecular flexibility index (Phi) is 4.47. The molecule has 1 saturated heterocycles. The van der Waals surface area contributed by atoms with Crippen molar-refractivity contribution >= 4 is 16.3 Å². The Morgan fingerprint density at radius 3 is 3.08 bits per heavy atom. The molecule has 0 unspecified atom stereocenters. The summed E-state index contributed by atoms with van der Waals surface area (Å²) in [6, 6.07) is -0.261. The predicted molar refractivity (Wildman–Crippen MR) is 48.1 cm³/mol. The summed E-state index contributed by atoms with van der Waals surface area (Å²) in [5.41, 5.74) is 8.26. The highest BCUT2D eigenvalue weighted by Crippen LogP contribution is 2.24. The average Bonchev–Trinajstić information content (AvgIpc) is 2.49. The Morgan fingerprint density at radius 2 is 2.54 bits per heavy atom. The molecule has 0 aromatic heterocycles. The van der Waals surface area contributed by atoms with Crippen LogP contribution < -0.4 is 0 Å². The monoisotopic (exact) mass is 251 g/mol. The molecule has 7 heteroatoms. The molecule has 1 fully saturated rings. The van der Waals surface area contributed by atoms with E-state index in [4.69, 9.17) is 18.8 Å². The molecule has 0 amide bonds. The van der Waals surface area contributed by atoms with E-state index in [2.05, 4.69) is 26.3 Å². The van der Waals surface area contributed by atoms with Crippen molar-refractivity contribution in [3.05, 3.63) is 10.4 Å². The number of hydrogen-bond acceptors (Lipinski definition) is 4. The summed E-state index contributed by atoms with van der Waals surface area (Å²) in [5, 5.41) is 3.57. The third-order valence-electron chi connectivity index (χ3n) is 1.83. The zero-order chi connectivity index (χ0) is 9.68. The van der Waals surface area contributed by atoms with Gasteiger partial charge in [-0.25, -0.2) is 0 Å². The molecule has 0 N–H and O–H groups in total. The van der Waals surface area contributed by atoms with Crippen LogP contribution in [-0.2, 0) is 13.3 Å². The highest BCUT2D eigenvalue weighted by molar-refractivity contribution is 9.06. The van der Waals surface area contributed by atoms with Crippen molar-refractivity contribution < 1.29 is 13.3 Å². The molecule has 6 nitrogen and oxygen atoms in total. The lowest BCUT2D eigenvalue weighted by Crippen LogP contribution is -2.21. The van der Waals surface area contributed by atoms with Gasteiger partial charge in [-0.15, -0.1) is 0 Å². The van der Waals surface area contributed by atoms with E-state index in [1.807, 2.05) is 0 Å². The van der Waals surface area contributed by atoms with E-state index in [9.17, 15) is 0 Å². The van der Waals surface area contributed by atoms with Crippen LogP contribution in [0.25, 0.3) is 10.4 Å². The van der Waals surface area contributed by atoms with Gasteiger partial charge in [-0.05, 0) is 12.0 Å². The molecule has 1 rings (SSSR count). The summed E-state index contributed by atoms with van der Waals surface area (Å²) in [6.07, 6.45) is 0.0807. The molecule has 0 saturated carbocycles. The molecule has 13 heavy (non-hydrogen) atoms. The minimum Gasteiger partial charge on any atom is -0.355 e. The predicted octanol–water partition coefficient (Wildman–Crippen LogP) is 1.75. The first-order valence-corrected chi connectivity index (χ1v) is 4.42. The van der Waals surface area contributed by atoms with Gasteiger partial charge in [0.2, 0.25) is 0 Å². The lowest BCUT2D eigenvalue weighted by atomic mass is 10.2. The fourth-order valence-electron chi connectivity index (χ4n) is 1.27. The molecule has 0 aliphatic carbocycles. The number of ether oxygens (including phenoxy) is 2. The molecule has 1 heterocycles. The van der Waals surface area contributed by atoms with Gasteiger partial charge in [0.05, 0.1) is 35.0 Å². The lowest BCUT2D eigenvalue weighted by Gasteiger charge is -2.11. The largest absolute Gasteiger partial charge is 0.355 e. The van der Waals surface area contributed by atoms with Crippen molar-refractivity contribution in [2.45, 2.75) is 24.9 Å². The number of rotatable bonds is 4. The van der Waals surface area contributed by atoms with E-state index < -0.39 is 6.29 Å². The van der Waals surface area contributed by atoms with Crippen molar-refractivity contribution in [1.29, 1.82) is 0 Å². The highest BCUT2D eigenvalue weighted by Gasteiger charge is 2.34. The van der Waals surface area contributed by atoms with Crippen molar-refractivity contribution in [2.75, 3.05) is 13.7 Å². The summed E-state index contributed by atoms with van der Waals surface area (Å²) in [5.74, 6) is 0. The fraction of sp³-hybridized carbons (Fsp3) is 1.00. The van der Waals surface area contributed by atoms with E-state index >= 15 is 0 Å². The van der Waals surface area contributed by atoms with Crippen LogP contribution in [0.1, 0.15) is 6.42 Å². The SMILES string of the molecule is CO[C@@H]1O[C@H](COBr)C[C@H]1N=[N+]=[N-]. The third-order valence-corrected chi connectivity index (χ3v) is 2.09. The molecule has 0 aromatic rings. The van der Waals surface area contributed by atoms with Crippen molar-refractivity contribution in [3.8, 4) is 0 Å². The van der Waals surface area contributed by atoms with E-state index in [-0.39, 0.29) is 12.1 Å². The Labute approximate surface area is 84.2 Å². The van der Waals surface area contributed by atoms with Gasteiger partial charge in [-0.2, -0.15) is 0 Å². The topological polar surface area (TPSA) is 76.5 Å². The maximum atomic E-state index is 8.26. The van der Waals surface area contributed by atoms with Crippen molar-refractivity contribution in [1.82, 2.24) is 0 Å². The molecule has 3 atom stereocenters.